The molecule has 0 bridgehead atoms. The molecule has 0 saturated carbocycles. The molecule has 2 aromatic rings. The van der Waals surface area contributed by atoms with E-state index in [0.29, 0.717) is 0 Å². The molecule has 0 radical (unpaired) electrons. The standard InChI is InChI=1S/C24H35N3O/c1-5-26(6-2)15-7-14-25-24(28)20-9-11-22(12-10-20)27-19(4)17-21-16-18(3)8-13-23(21)27/h9-12,17-18H,5-8,13-16H2,1-4H3,(H,25,28). The molecule has 1 aromatic carbocycles. The van der Waals surface area contributed by atoms with Crippen molar-refractivity contribution in [2.45, 2.75) is 53.4 Å². The molecule has 1 aromatic heterocycles. The van der Waals surface area contributed by atoms with Crippen LogP contribution in [0.25, 0.3) is 5.69 Å². The van der Waals surface area contributed by atoms with E-state index in [0.717, 1.165) is 56.2 Å². The summed E-state index contributed by atoms with van der Waals surface area (Å²) in [6, 6.07) is 10.4. The lowest BCUT2D eigenvalue weighted by molar-refractivity contribution is 0.0952. The van der Waals surface area contributed by atoms with Crippen LogP contribution in [0.5, 0.6) is 0 Å². The molecule has 0 saturated heterocycles. The molecule has 1 unspecified atom stereocenters. The fraction of sp³-hybridized carbons (Fsp3) is 0.542. The van der Waals surface area contributed by atoms with Crippen LogP contribution in [0.4, 0.5) is 0 Å². The molecular formula is C24H35N3O. The van der Waals surface area contributed by atoms with Crippen molar-refractivity contribution < 1.29 is 4.79 Å². The van der Waals surface area contributed by atoms with E-state index in [-0.39, 0.29) is 5.91 Å². The molecule has 3 rings (SSSR count). The highest BCUT2D eigenvalue weighted by atomic mass is 16.1. The van der Waals surface area contributed by atoms with Gasteiger partial charge in [0.15, 0.2) is 0 Å². The van der Waals surface area contributed by atoms with Crippen LogP contribution in [0, 0.1) is 12.8 Å². The molecule has 0 aliphatic heterocycles. The number of nitrogens with one attached hydrogen (secondary N) is 1. The van der Waals surface area contributed by atoms with Gasteiger partial charge in [0.05, 0.1) is 0 Å². The van der Waals surface area contributed by atoms with E-state index >= 15 is 0 Å². The molecule has 0 spiro atoms. The summed E-state index contributed by atoms with van der Waals surface area (Å²) in [5.74, 6) is 0.793. The Hall–Kier alpha value is -2.07. The fourth-order valence-corrected chi connectivity index (χ4v) is 4.33. The second-order valence-electron chi connectivity index (χ2n) is 8.12. The van der Waals surface area contributed by atoms with E-state index in [1.807, 2.05) is 12.1 Å². The van der Waals surface area contributed by atoms with Gasteiger partial charge in [0.1, 0.15) is 0 Å². The first kappa shape index (κ1) is 20.7. The first-order valence-electron chi connectivity index (χ1n) is 10.8. The number of hydrogen-bond acceptors (Lipinski definition) is 2. The molecular weight excluding hydrogens is 346 g/mol. The van der Waals surface area contributed by atoms with Gasteiger partial charge < -0.3 is 14.8 Å². The Morgan fingerprint density at radius 3 is 2.61 bits per heavy atom. The Kier molecular flexibility index (Phi) is 6.95. The average Bonchev–Trinajstić information content (AvgIpc) is 3.02. The van der Waals surface area contributed by atoms with Crippen LogP contribution >= 0.6 is 0 Å². The molecule has 1 amide bonds. The average molecular weight is 382 g/mol. The second-order valence-corrected chi connectivity index (χ2v) is 8.12. The second kappa shape index (κ2) is 9.42. The maximum atomic E-state index is 12.4. The minimum atomic E-state index is 0.0196. The molecule has 28 heavy (non-hydrogen) atoms. The van der Waals surface area contributed by atoms with Crippen molar-refractivity contribution in [3.8, 4) is 5.69 Å². The summed E-state index contributed by atoms with van der Waals surface area (Å²) in [6.45, 7) is 12.7. The Morgan fingerprint density at radius 2 is 1.93 bits per heavy atom. The molecule has 1 N–H and O–H groups in total. The molecule has 152 valence electrons. The lowest BCUT2D eigenvalue weighted by Crippen LogP contribution is -2.29. The maximum absolute atomic E-state index is 12.4. The predicted molar refractivity (Wildman–Crippen MR) is 116 cm³/mol. The summed E-state index contributed by atoms with van der Waals surface area (Å²) in [7, 11) is 0. The smallest absolute Gasteiger partial charge is 0.251 e. The van der Waals surface area contributed by atoms with Crippen molar-refractivity contribution in [2.75, 3.05) is 26.2 Å². The highest BCUT2D eigenvalue weighted by molar-refractivity contribution is 5.94. The van der Waals surface area contributed by atoms with Crippen molar-refractivity contribution in [1.82, 2.24) is 14.8 Å². The summed E-state index contributed by atoms with van der Waals surface area (Å²) in [4.78, 5) is 14.8. The molecule has 1 atom stereocenters. The van der Waals surface area contributed by atoms with Crippen LogP contribution in [0.15, 0.2) is 30.3 Å². The van der Waals surface area contributed by atoms with Crippen molar-refractivity contribution in [3.05, 3.63) is 52.8 Å². The third-order valence-electron chi connectivity index (χ3n) is 6.04. The van der Waals surface area contributed by atoms with E-state index in [4.69, 9.17) is 0 Å². The van der Waals surface area contributed by atoms with Gasteiger partial charge in [-0.3, -0.25) is 4.79 Å². The van der Waals surface area contributed by atoms with Gasteiger partial charge in [0, 0.05) is 29.2 Å². The van der Waals surface area contributed by atoms with Gasteiger partial charge in [-0.2, -0.15) is 0 Å². The van der Waals surface area contributed by atoms with Crippen molar-refractivity contribution in [3.63, 3.8) is 0 Å². The SMILES string of the molecule is CCN(CC)CCCNC(=O)c1ccc(-n2c(C)cc3c2CCC(C)C3)cc1. The highest BCUT2D eigenvalue weighted by Crippen LogP contribution is 2.30. The van der Waals surface area contributed by atoms with Crippen LogP contribution in [-0.2, 0) is 12.8 Å². The first-order valence-corrected chi connectivity index (χ1v) is 10.8. The van der Waals surface area contributed by atoms with E-state index < -0.39 is 0 Å². The maximum Gasteiger partial charge on any atom is 0.251 e. The number of carbonyl (C=O) groups is 1. The van der Waals surface area contributed by atoms with Crippen LogP contribution in [0.3, 0.4) is 0 Å². The number of amides is 1. The quantitative estimate of drug-likeness (QED) is 0.689. The number of rotatable bonds is 8. The number of nitrogens with zero attached hydrogens (tertiary/aromatic N) is 2. The van der Waals surface area contributed by atoms with E-state index in [2.05, 4.69) is 60.7 Å². The van der Waals surface area contributed by atoms with Gasteiger partial charge in [-0.25, -0.2) is 0 Å². The van der Waals surface area contributed by atoms with Crippen LogP contribution in [0.2, 0.25) is 0 Å². The number of fused-ring (bicyclic) bond motifs is 1. The monoisotopic (exact) mass is 381 g/mol. The molecule has 1 aliphatic rings. The summed E-state index contributed by atoms with van der Waals surface area (Å²) in [6.07, 6.45) is 4.55. The summed E-state index contributed by atoms with van der Waals surface area (Å²) < 4.78 is 2.37. The van der Waals surface area contributed by atoms with E-state index in [1.165, 1.54) is 29.8 Å². The van der Waals surface area contributed by atoms with Gasteiger partial charge in [0.2, 0.25) is 0 Å². The molecule has 4 heteroatoms. The van der Waals surface area contributed by atoms with Gasteiger partial charge in [-0.05, 0) is 94.1 Å². The minimum Gasteiger partial charge on any atom is -0.352 e. The normalized spacial score (nSPS) is 16.2. The van der Waals surface area contributed by atoms with Crippen LogP contribution in [0.1, 0.15) is 60.9 Å². The number of aryl methyl sites for hydroxylation is 1. The Bertz CT molecular complexity index is 787. The number of carbonyl (C=O) groups excluding carboxylic acids is 1. The summed E-state index contributed by atoms with van der Waals surface area (Å²) >= 11 is 0. The van der Waals surface area contributed by atoms with Crippen LogP contribution in [-0.4, -0.2) is 41.6 Å². The topological polar surface area (TPSA) is 37.3 Å². The minimum absolute atomic E-state index is 0.0196. The Labute approximate surface area is 169 Å². The zero-order valence-electron chi connectivity index (χ0n) is 17.9. The van der Waals surface area contributed by atoms with E-state index in [1.54, 1.807) is 0 Å². The fourth-order valence-electron chi connectivity index (χ4n) is 4.33. The molecule has 1 aliphatic carbocycles. The number of benzene rings is 1. The Balaban J connectivity index is 1.62. The third-order valence-corrected chi connectivity index (χ3v) is 6.04. The molecule has 0 fully saturated rings. The van der Waals surface area contributed by atoms with Crippen molar-refractivity contribution >= 4 is 5.91 Å². The van der Waals surface area contributed by atoms with Crippen molar-refractivity contribution in [1.29, 1.82) is 0 Å². The zero-order valence-corrected chi connectivity index (χ0v) is 17.9. The summed E-state index contributed by atoms with van der Waals surface area (Å²) in [5.41, 5.74) is 6.12. The first-order chi connectivity index (χ1) is 13.5. The zero-order chi connectivity index (χ0) is 20.1. The third kappa shape index (κ3) is 4.67. The largest absolute Gasteiger partial charge is 0.352 e. The lowest BCUT2D eigenvalue weighted by atomic mass is 9.89. The number of hydrogen-bond donors (Lipinski definition) is 1. The highest BCUT2D eigenvalue weighted by Gasteiger charge is 2.21. The predicted octanol–water partition coefficient (Wildman–Crippen LogP) is 4.37. The molecule has 4 nitrogen and oxygen atoms in total. The van der Waals surface area contributed by atoms with E-state index in [9.17, 15) is 4.79 Å². The lowest BCUT2D eigenvalue weighted by Gasteiger charge is -2.21. The number of aromatic nitrogens is 1. The van der Waals surface area contributed by atoms with Gasteiger partial charge in [0.25, 0.3) is 5.91 Å². The van der Waals surface area contributed by atoms with Gasteiger partial charge >= 0.3 is 0 Å². The van der Waals surface area contributed by atoms with Crippen molar-refractivity contribution in [2.24, 2.45) is 5.92 Å². The molecule has 1 heterocycles. The van der Waals surface area contributed by atoms with Crippen LogP contribution < -0.4 is 5.32 Å². The summed E-state index contributed by atoms with van der Waals surface area (Å²) in [5, 5.41) is 3.05. The Morgan fingerprint density at radius 1 is 1.21 bits per heavy atom. The van der Waals surface area contributed by atoms with Gasteiger partial charge in [-0.1, -0.05) is 20.8 Å². The van der Waals surface area contributed by atoms with Gasteiger partial charge in [-0.15, -0.1) is 0 Å².